The highest BCUT2D eigenvalue weighted by Gasteiger charge is 2.17. The quantitative estimate of drug-likeness (QED) is 0.227. The van der Waals surface area contributed by atoms with Crippen LogP contribution in [0.4, 0.5) is 0 Å². The Labute approximate surface area is 214 Å². The summed E-state index contributed by atoms with van der Waals surface area (Å²) in [6, 6.07) is 22.3. The molecule has 3 aromatic carbocycles. The van der Waals surface area contributed by atoms with Crippen molar-refractivity contribution < 1.29 is 18.6 Å². The summed E-state index contributed by atoms with van der Waals surface area (Å²) < 4.78 is 23.0. The molecule has 0 aliphatic heterocycles. The molecule has 6 heteroatoms. The van der Waals surface area contributed by atoms with E-state index in [2.05, 4.69) is 49.1 Å². The van der Waals surface area contributed by atoms with E-state index in [1.54, 1.807) is 14.2 Å². The third kappa shape index (κ3) is 6.30. The molecule has 1 heterocycles. The molecule has 0 spiro atoms. The molecular weight excluding hydrogens is 462 g/mol. The Morgan fingerprint density at radius 1 is 0.771 bits per heavy atom. The lowest BCUT2D eigenvalue weighted by Crippen LogP contribution is -2.27. The summed E-state index contributed by atoms with van der Waals surface area (Å²) in [5.41, 5.74) is 4.18. The fourth-order valence-corrected chi connectivity index (χ4v) is 4.15. The maximum atomic E-state index is 6.34. The smallest absolute Gasteiger partial charge is 0.138 e. The van der Waals surface area contributed by atoms with E-state index < -0.39 is 0 Å². The minimum absolute atomic E-state index is 0. The van der Waals surface area contributed by atoms with Crippen LogP contribution in [-0.2, 0) is 6.42 Å². The summed E-state index contributed by atoms with van der Waals surface area (Å²) in [5.74, 6) is 3.36. The van der Waals surface area contributed by atoms with E-state index in [4.69, 9.17) is 18.6 Å². The number of furan rings is 1. The minimum atomic E-state index is 0. The summed E-state index contributed by atoms with van der Waals surface area (Å²) in [6.45, 7) is 8.06. The first-order chi connectivity index (χ1) is 16.6. The van der Waals surface area contributed by atoms with Crippen molar-refractivity contribution in [2.45, 2.75) is 20.3 Å². The van der Waals surface area contributed by atoms with Crippen LogP contribution in [0.25, 0.3) is 22.3 Å². The molecule has 1 aromatic heterocycles. The SMILES string of the molecule is CCN(CC)CCOc1ccc(Cc2c(-c3ccc(OC)cc3)oc3cc(OC)ccc23)cc1.Cl. The Morgan fingerprint density at radius 3 is 2.03 bits per heavy atom. The van der Waals surface area contributed by atoms with Crippen LogP contribution in [0.1, 0.15) is 25.0 Å². The Bertz CT molecular complexity index is 1200. The van der Waals surface area contributed by atoms with E-state index in [0.717, 1.165) is 71.2 Å². The van der Waals surface area contributed by atoms with Gasteiger partial charge < -0.3 is 23.5 Å². The third-order valence-electron chi connectivity index (χ3n) is 6.23. The molecule has 0 aliphatic rings. The second-order valence-electron chi connectivity index (χ2n) is 8.20. The number of ether oxygens (including phenoxy) is 3. The molecule has 0 unspecified atom stereocenters. The van der Waals surface area contributed by atoms with E-state index in [-0.39, 0.29) is 12.4 Å². The van der Waals surface area contributed by atoms with Gasteiger partial charge in [-0.3, -0.25) is 0 Å². The van der Waals surface area contributed by atoms with Crippen molar-refractivity contribution in [3.63, 3.8) is 0 Å². The Kier molecular flexibility index (Phi) is 9.47. The molecule has 4 aromatic rings. The van der Waals surface area contributed by atoms with Crippen LogP contribution in [0.15, 0.2) is 71.1 Å². The van der Waals surface area contributed by atoms with Crippen LogP contribution in [0.5, 0.6) is 17.2 Å². The predicted molar refractivity (Wildman–Crippen MR) is 145 cm³/mol. The summed E-state index contributed by atoms with van der Waals surface area (Å²) in [5, 5.41) is 1.09. The highest BCUT2D eigenvalue weighted by atomic mass is 35.5. The maximum absolute atomic E-state index is 6.34. The zero-order chi connectivity index (χ0) is 23.9. The second kappa shape index (κ2) is 12.5. The zero-order valence-electron chi connectivity index (χ0n) is 20.9. The van der Waals surface area contributed by atoms with Gasteiger partial charge in [0, 0.05) is 35.5 Å². The number of likely N-dealkylation sites (N-methyl/N-ethyl adjacent to an activating group) is 1. The molecule has 0 saturated carbocycles. The van der Waals surface area contributed by atoms with Gasteiger partial charge in [0.1, 0.15) is 35.2 Å². The first-order valence-electron chi connectivity index (χ1n) is 11.8. The van der Waals surface area contributed by atoms with E-state index in [0.29, 0.717) is 6.61 Å². The Balaban J connectivity index is 0.00000342. The molecule has 186 valence electrons. The van der Waals surface area contributed by atoms with Crippen molar-refractivity contribution in [1.82, 2.24) is 4.90 Å². The van der Waals surface area contributed by atoms with Gasteiger partial charge in [-0.2, -0.15) is 0 Å². The molecule has 35 heavy (non-hydrogen) atoms. The van der Waals surface area contributed by atoms with Crippen molar-refractivity contribution in [2.24, 2.45) is 0 Å². The predicted octanol–water partition coefficient (Wildman–Crippen LogP) is 6.85. The second-order valence-corrected chi connectivity index (χ2v) is 8.20. The van der Waals surface area contributed by atoms with Gasteiger partial charge in [-0.25, -0.2) is 0 Å². The average Bonchev–Trinajstić information content (AvgIpc) is 3.25. The lowest BCUT2D eigenvalue weighted by Gasteiger charge is -2.18. The molecular formula is C29H34ClNO4. The first kappa shape index (κ1) is 26.5. The van der Waals surface area contributed by atoms with Gasteiger partial charge in [-0.15, -0.1) is 12.4 Å². The Hall–Kier alpha value is -3.15. The number of hydrogen-bond donors (Lipinski definition) is 0. The largest absolute Gasteiger partial charge is 0.497 e. The number of rotatable bonds is 11. The van der Waals surface area contributed by atoms with Gasteiger partial charge in [0.05, 0.1) is 14.2 Å². The van der Waals surface area contributed by atoms with E-state index in [1.807, 2.05) is 36.4 Å². The van der Waals surface area contributed by atoms with E-state index in [1.165, 1.54) is 5.56 Å². The average molecular weight is 496 g/mol. The molecule has 0 saturated heterocycles. The molecule has 0 amide bonds. The Morgan fingerprint density at radius 2 is 1.40 bits per heavy atom. The lowest BCUT2D eigenvalue weighted by molar-refractivity contribution is 0.223. The lowest BCUT2D eigenvalue weighted by atomic mass is 9.98. The molecule has 0 atom stereocenters. The fourth-order valence-electron chi connectivity index (χ4n) is 4.15. The van der Waals surface area contributed by atoms with Gasteiger partial charge in [0.15, 0.2) is 0 Å². The van der Waals surface area contributed by atoms with Crippen LogP contribution in [0, 0.1) is 0 Å². The summed E-state index contributed by atoms with van der Waals surface area (Å²) >= 11 is 0. The van der Waals surface area contributed by atoms with Crippen LogP contribution < -0.4 is 14.2 Å². The van der Waals surface area contributed by atoms with Crippen molar-refractivity contribution in [3.8, 4) is 28.6 Å². The number of nitrogens with zero attached hydrogens (tertiary/aromatic N) is 1. The molecule has 0 N–H and O–H groups in total. The number of fused-ring (bicyclic) bond motifs is 1. The fraction of sp³-hybridized carbons (Fsp3) is 0.310. The molecule has 0 fully saturated rings. The van der Waals surface area contributed by atoms with Gasteiger partial charge in [-0.1, -0.05) is 26.0 Å². The molecule has 0 radical (unpaired) electrons. The van der Waals surface area contributed by atoms with E-state index in [9.17, 15) is 0 Å². The van der Waals surface area contributed by atoms with Crippen LogP contribution in [0.2, 0.25) is 0 Å². The molecule has 4 rings (SSSR count). The monoisotopic (exact) mass is 495 g/mol. The maximum Gasteiger partial charge on any atom is 0.138 e. The molecule has 5 nitrogen and oxygen atoms in total. The number of benzene rings is 3. The van der Waals surface area contributed by atoms with Gasteiger partial charge in [-0.05, 0) is 67.2 Å². The molecule has 0 bridgehead atoms. The summed E-state index contributed by atoms with van der Waals surface area (Å²) in [6.07, 6.45) is 0.750. The van der Waals surface area contributed by atoms with E-state index >= 15 is 0 Å². The van der Waals surface area contributed by atoms with Gasteiger partial charge in [0.25, 0.3) is 0 Å². The van der Waals surface area contributed by atoms with Crippen LogP contribution in [-0.4, -0.2) is 45.4 Å². The van der Waals surface area contributed by atoms with Crippen molar-refractivity contribution >= 4 is 23.4 Å². The summed E-state index contributed by atoms with van der Waals surface area (Å²) in [4.78, 5) is 2.36. The standard InChI is InChI=1S/C29H33NO4.ClH/c1-5-30(6-2)17-18-33-24-11-7-21(8-12-24)19-27-26-16-15-25(32-4)20-28(26)34-29(27)22-9-13-23(31-3)14-10-22;/h7-16,20H,5-6,17-19H2,1-4H3;1H. The highest BCUT2D eigenvalue weighted by molar-refractivity contribution is 5.89. The van der Waals surface area contributed by atoms with Gasteiger partial charge in [0.2, 0.25) is 0 Å². The molecule has 0 aliphatic carbocycles. The number of halogens is 1. The topological polar surface area (TPSA) is 44.1 Å². The van der Waals surface area contributed by atoms with Crippen molar-refractivity contribution in [2.75, 3.05) is 40.5 Å². The first-order valence-corrected chi connectivity index (χ1v) is 11.8. The summed E-state index contributed by atoms with van der Waals surface area (Å²) in [7, 11) is 3.34. The normalized spacial score (nSPS) is 10.9. The van der Waals surface area contributed by atoms with Crippen LogP contribution in [0.3, 0.4) is 0 Å². The number of hydrogen-bond acceptors (Lipinski definition) is 5. The highest BCUT2D eigenvalue weighted by Crippen LogP contribution is 2.37. The van der Waals surface area contributed by atoms with Crippen molar-refractivity contribution in [1.29, 1.82) is 0 Å². The number of methoxy groups -OCH3 is 2. The van der Waals surface area contributed by atoms with Gasteiger partial charge >= 0.3 is 0 Å². The minimum Gasteiger partial charge on any atom is -0.497 e. The van der Waals surface area contributed by atoms with Crippen molar-refractivity contribution in [3.05, 3.63) is 77.9 Å². The third-order valence-corrected chi connectivity index (χ3v) is 6.23. The van der Waals surface area contributed by atoms with Crippen LogP contribution >= 0.6 is 12.4 Å². The zero-order valence-corrected chi connectivity index (χ0v) is 21.7.